The van der Waals surface area contributed by atoms with Gasteiger partial charge in [-0.1, -0.05) is 6.92 Å². The van der Waals surface area contributed by atoms with E-state index in [2.05, 4.69) is 11.9 Å². The number of carbonyl (C=O) groups is 1. The fraction of sp³-hybridized carbons (Fsp3) is 0.538. The number of ether oxygens (including phenoxy) is 1. The van der Waals surface area contributed by atoms with Crippen LogP contribution in [0.2, 0.25) is 0 Å². The summed E-state index contributed by atoms with van der Waals surface area (Å²) in [6.45, 7) is 2.72. The fourth-order valence-corrected chi connectivity index (χ4v) is 3.06. The summed E-state index contributed by atoms with van der Waals surface area (Å²) < 4.78 is 5.49. The maximum absolute atomic E-state index is 12.2. The number of pyridine rings is 1. The van der Waals surface area contributed by atoms with Gasteiger partial charge in [0.25, 0.3) is 0 Å². The van der Waals surface area contributed by atoms with E-state index in [0.29, 0.717) is 17.9 Å². The van der Waals surface area contributed by atoms with Crippen LogP contribution in [0.4, 0.5) is 0 Å². The summed E-state index contributed by atoms with van der Waals surface area (Å²) in [6.07, 6.45) is 6.38. The predicted octanol–water partition coefficient (Wildman–Crippen LogP) is 2.95. The molecule has 0 bridgehead atoms. The Bertz CT molecular complexity index is 389. The largest absolute Gasteiger partial charge is 0.492 e. The van der Waals surface area contributed by atoms with Crippen LogP contribution < -0.4 is 4.74 Å². The number of ketones is 1. The number of hydrogen-bond donors (Lipinski definition) is 0. The van der Waals surface area contributed by atoms with Crippen LogP contribution >= 0.6 is 11.8 Å². The zero-order chi connectivity index (χ0) is 12.1. The Hall–Kier alpha value is -1.03. The standard InChI is InChI=1S/C13H17NO2S/c1-2-5-16-11-7-10(8-14-9-11)13(15)12-4-3-6-17-12/h7-9,12H,2-6H2,1H3. The minimum Gasteiger partial charge on any atom is -0.492 e. The number of thioether (sulfide) groups is 1. The van der Waals surface area contributed by atoms with E-state index in [-0.39, 0.29) is 11.0 Å². The Kier molecular flexibility index (Phi) is 4.42. The van der Waals surface area contributed by atoms with Gasteiger partial charge in [-0.25, -0.2) is 0 Å². The molecule has 1 atom stereocenters. The molecule has 92 valence electrons. The molecule has 1 aliphatic heterocycles. The normalized spacial score (nSPS) is 19.2. The van der Waals surface area contributed by atoms with Gasteiger partial charge in [0, 0.05) is 11.8 Å². The van der Waals surface area contributed by atoms with Gasteiger partial charge in [-0.2, -0.15) is 11.8 Å². The number of rotatable bonds is 5. The Morgan fingerprint density at radius 1 is 1.59 bits per heavy atom. The molecule has 1 unspecified atom stereocenters. The maximum atomic E-state index is 12.2. The van der Waals surface area contributed by atoms with E-state index >= 15 is 0 Å². The smallest absolute Gasteiger partial charge is 0.177 e. The van der Waals surface area contributed by atoms with Crippen LogP contribution in [0.5, 0.6) is 5.75 Å². The second-order valence-electron chi connectivity index (χ2n) is 4.12. The van der Waals surface area contributed by atoms with Crippen LogP contribution in [-0.2, 0) is 0 Å². The van der Waals surface area contributed by atoms with Gasteiger partial charge >= 0.3 is 0 Å². The highest BCUT2D eigenvalue weighted by Crippen LogP contribution is 2.29. The monoisotopic (exact) mass is 251 g/mol. The first-order chi connectivity index (χ1) is 8.31. The van der Waals surface area contributed by atoms with Crippen molar-refractivity contribution in [1.29, 1.82) is 0 Å². The van der Waals surface area contributed by atoms with Crippen molar-refractivity contribution in [1.82, 2.24) is 4.98 Å². The van der Waals surface area contributed by atoms with Crippen molar-refractivity contribution < 1.29 is 9.53 Å². The molecule has 0 spiro atoms. The lowest BCUT2D eigenvalue weighted by molar-refractivity contribution is 0.0987. The average molecular weight is 251 g/mol. The molecule has 0 N–H and O–H groups in total. The molecule has 17 heavy (non-hydrogen) atoms. The van der Waals surface area contributed by atoms with Gasteiger partial charge in [-0.3, -0.25) is 9.78 Å². The molecule has 0 aliphatic carbocycles. The second kappa shape index (κ2) is 6.05. The van der Waals surface area contributed by atoms with Gasteiger partial charge in [0.05, 0.1) is 18.1 Å². The Labute approximate surface area is 106 Å². The van der Waals surface area contributed by atoms with E-state index in [9.17, 15) is 4.79 Å². The van der Waals surface area contributed by atoms with Crippen molar-refractivity contribution >= 4 is 17.5 Å². The highest BCUT2D eigenvalue weighted by Gasteiger charge is 2.24. The lowest BCUT2D eigenvalue weighted by Crippen LogP contribution is -2.14. The number of hydrogen-bond acceptors (Lipinski definition) is 4. The third-order valence-corrected chi connectivity index (χ3v) is 4.07. The molecular weight excluding hydrogens is 234 g/mol. The molecule has 2 rings (SSSR count). The van der Waals surface area contributed by atoms with Crippen molar-refractivity contribution in [2.75, 3.05) is 12.4 Å². The maximum Gasteiger partial charge on any atom is 0.177 e. The SMILES string of the molecule is CCCOc1cncc(C(=O)C2CCCS2)c1. The van der Waals surface area contributed by atoms with Gasteiger partial charge in [0.2, 0.25) is 0 Å². The summed E-state index contributed by atoms with van der Waals surface area (Å²) in [4.78, 5) is 16.2. The molecule has 1 aromatic rings. The lowest BCUT2D eigenvalue weighted by atomic mass is 10.1. The average Bonchev–Trinajstić information content (AvgIpc) is 2.89. The zero-order valence-electron chi connectivity index (χ0n) is 10.0. The lowest BCUT2D eigenvalue weighted by Gasteiger charge is -2.09. The van der Waals surface area contributed by atoms with Crippen molar-refractivity contribution in [3.8, 4) is 5.75 Å². The Morgan fingerprint density at radius 2 is 2.47 bits per heavy atom. The van der Waals surface area contributed by atoms with Gasteiger partial charge in [0.1, 0.15) is 5.75 Å². The number of nitrogens with zero attached hydrogens (tertiary/aromatic N) is 1. The summed E-state index contributed by atoms with van der Waals surface area (Å²) in [5.74, 6) is 1.98. The third-order valence-electron chi connectivity index (χ3n) is 2.69. The van der Waals surface area contributed by atoms with E-state index in [0.717, 1.165) is 25.0 Å². The first kappa shape index (κ1) is 12.4. The topological polar surface area (TPSA) is 39.2 Å². The van der Waals surface area contributed by atoms with Gasteiger partial charge in [-0.15, -0.1) is 0 Å². The number of carbonyl (C=O) groups excluding carboxylic acids is 1. The van der Waals surface area contributed by atoms with Crippen molar-refractivity contribution in [2.24, 2.45) is 0 Å². The number of aromatic nitrogens is 1. The van der Waals surface area contributed by atoms with Gasteiger partial charge in [-0.05, 0) is 31.1 Å². The van der Waals surface area contributed by atoms with Crippen LogP contribution in [0.3, 0.4) is 0 Å². The highest BCUT2D eigenvalue weighted by molar-refractivity contribution is 8.00. The Balaban J connectivity index is 2.06. The van der Waals surface area contributed by atoms with E-state index in [4.69, 9.17) is 4.74 Å². The first-order valence-electron chi connectivity index (χ1n) is 6.05. The molecule has 4 heteroatoms. The molecule has 1 fully saturated rings. The summed E-state index contributed by atoms with van der Waals surface area (Å²) in [7, 11) is 0. The molecule has 0 amide bonds. The van der Waals surface area contributed by atoms with E-state index in [1.807, 2.05) is 6.07 Å². The second-order valence-corrected chi connectivity index (χ2v) is 5.43. The van der Waals surface area contributed by atoms with Crippen LogP contribution in [0.25, 0.3) is 0 Å². The summed E-state index contributed by atoms with van der Waals surface area (Å²) in [5.41, 5.74) is 0.679. The van der Waals surface area contributed by atoms with E-state index in [1.165, 1.54) is 0 Å². The first-order valence-corrected chi connectivity index (χ1v) is 7.10. The van der Waals surface area contributed by atoms with E-state index in [1.54, 1.807) is 24.2 Å². The highest BCUT2D eigenvalue weighted by atomic mass is 32.2. The van der Waals surface area contributed by atoms with Crippen molar-refractivity contribution in [3.63, 3.8) is 0 Å². The minimum absolute atomic E-state index is 0.123. The summed E-state index contributed by atoms with van der Waals surface area (Å²) in [5, 5.41) is 0.123. The quantitative estimate of drug-likeness (QED) is 0.754. The summed E-state index contributed by atoms with van der Waals surface area (Å²) >= 11 is 1.75. The molecule has 1 aromatic heterocycles. The zero-order valence-corrected chi connectivity index (χ0v) is 10.8. The van der Waals surface area contributed by atoms with E-state index < -0.39 is 0 Å². The molecule has 0 saturated carbocycles. The van der Waals surface area contributed by atoms with Crippen molar-refractivity contribution in [2.45, 2.75) is 31.4 Å². The van der Waals surface area contributed by atoms with Crippen LogP contribution in [0.15, 0.2) is 18.5 Å². The molecule has 0 radical (unpaired) electrons. The van der Waals surface area contributed by atoms with Crippen LogP contribution in [0.1, 0.15) is 36.5 Å². The molecule has 2 heterocycles. The van der Waals surface area contributed by atoms with Gasteiger partial charge in [0.15, 0.2) is 5.78 Å². The van der Waals surface area contributed by atoms with Crippen LogP contribution in [0, 0.1) is 0 Å². The summed E-state index contributed by atoms with van der Waals surface area (Å²) in [6, 6.07) is 1.81. The molecule has 3 nitrogen and oxygen atoms in total. The molecule has 1 aliphatic rings. The predicted molar refractivity (Wildman–Crippen MR) is 69.8 cm³/mol. The molecular formula is C13H17NO2S. The minimum atomic E-state index is 0.123. The number of Topliss-reactive ketones (excluding diaryl/α,β-unsaturated/α-hetero) is 1. The molecule has 1 saturated heterocycles. The third kappa shape index (κ3) is 3.22. The van der Waals surface area contributed by atoms with Gasteiger partial charge < -0.3 is 4.74 Å². The van der Waals surface area contributed by atoms with Crippen LogP contribution in [-0.4, -0.2) is 28.4 Å². The molecule has 0 aromatic carbocycles. The Morgan fingerprint density at radius 3 is 3.18 bits per heavy atom. The fourth-order valence-electron chi connectivity index (χ4n) is 1.82. The van der Waals surface area contributed by atoms with Crippen molar-refractivity contribution in [3.05, 3.63) is 24.0 Å².